The first-order valence-corrected chi connectivity index (χ1v) is 8.77. The Hall–Kier alpha value is -3.39. The van der Waals surface area contributed by atoms with Crippen LogP contribution in [-0.4, -0.2) is 31.7 Å². The molecule has 0 fully saturated rings. The highest BCUT2D eigenvalue weighted by atomic mass is 35.5. The minimum absolute atomic E-state index is 0.0638. The fourth-order valence-electron chi connectivity index (χ4n) is 2.66. The third kappa shape index (κ3) is 4.12. The molecule has 1 amide bonds. The molecule has 0 aliphatic heterocycles. The van der Waals surface area contributed by atoms with E-state index in [4.69, 9.17) is 16.3 Å². The number of fused-ring (bicyclic) bond motifs is 1. The average molecular weight is 400 g/mol. The van der Waals surface area contributed by atoms with Gasteiger partial charge in [-0.1, -0.05) is 17.7 Å². The van der Waals surface area contributed by atoms with Crippen molar-refractivity contribution in [2.45, 2.75) is 6.54 Å². The van der Waals surface area contributed by atoms with Crippen molar-refractivity contribution in [3.05, 3.63) is 77.7 Å². The molecule has 4 rings (SSSR count). The Bertz CT molecular complexity index is 1110. The van der Waals surface area contributed by atoms with Gasteiger partial charge in [0.25, 0.3) is 5.91 Å². The van der Waals surface area contributed by atoms with Crippen molar-refractivity contribution in [1.82, 2.24) is 19.2 Å². The third-order valence-corrected chi connectivity index (χ3v) is 4.21. The van der Waals surface area contributed by atoms with Gasteiger partial charge in [-0.15, -0.1) is 0 Å². The predicted molar refractivity (Wildman–Crippen MR) is 102 cm³/mol. The molecule has 0 aliphatic carbocycles. The summed E-state index contributed by atoms with van der Waals surface area (Å²) in [6.07, 6.45) is 7.10. The molecule has 28 heavy (non-hydrogen) atoms. The van der Waals surface area contributed by atoms with E-state index in [0.717, 1.165) is 11.3 Å². The fraction of sp³-hybridized carbons (Fsp3) is 0.105. The number of halogens is 2. The van der Waals surface area contributed by atoms with Gasteiger partial charge in [0.15, 0.2) is 6.61 Å². The Kier molecular flexibility index (Phi) is 4.94. The Labute approximate surface area is 164 Å². The number of hydrogen-bond donors (Lipinski definition) is 1. The molecule has 1 N–H and O–H groups in total. The summed E-state index contributed by atoms with van der Waals surface area (Å²) in [6.45, 7) is 0.238. The second-order valence-corrected chi connectivity index (χ2v) is 6.44. The molecule has 3 heterocycles. The smallest absolute Gasteiger partial charge is 0.262 e. The monoisotopic (exact) mass is 399 g/mol. The molecule has 7 nitrogen and oxygen atoms in total. The first-order valence-electron chi connectivity index (χ1n) is 8.39. The summed E-state index contributed by atoms with van der Waals surface area (Å²) in [4.78, 5) is 16.5. The zero-order valence-corrected chi connectivity index (χ0v) is 15.3. The number of ether oxygens (including phenoxy) is 1. The van der Waals surface area contributed by atoms with E-state index in [9.17, 15) is 9.18 Å². The van der Waals surface area contributed by atoms with Crippen LogP contribution in [0.2, 0.25) is 5.02 Å². The van der Waals surface area contributed by atoms with Gasteiger partial charge >= 0.3 is 0 Å². The number of aromatic nitrogens is 4. The topological polar surface area (TPSA) is 73.5 Å². The maximum Gasteiger partial charge on any atom is 0.262 e. The van der Waals surface area contributed by atoms with E-state index in [2.05, 4.69) is 15.4 Å². The number of nitrogens with zero attached hydrogens (tertiary/aromatic N) is 4. The van der Waals surface area contributed by atoms with Crippen LogP contribution in [0.15, 0.2) is 61.2 Å². The largest absolute Gasteiger partial charge is 0.484 e. The summed E-state index contributed by atoms with van der Waals surface area (Å²) >= 11 is 5.68. The lowest BCUT2D eigenvalue weighted by Crippen LogP contribution is -2.19. The molecule has 0 saturated carbocycles. The van der Waals surface area contributed by atoms with Gasteiger partial charge in [0.1, 0.15) is 17.2 Å². The average Bonchev–Trinajstić information content (AvgIpc) is 3.29. The minimum atomic E-state index is -0.545. The maximum absolute atomic E-state index is 13.1. The van der Waals surface area contributed by atoms with Gasteiger partial charge < -0.3 is 14.5 Å². The van der Waals surface area contributed by atoms with Crippen molar-refractivity contribution in [1.29, 1.82) is 0 Å². The van der Waals surface area contributed by atoms with Crippen molar-refractivity contribution in [3.63, 3.8) is 0 Å². The highest BCUT2D eigenvalue weighted by Gasteiger charge is 2.09. The van der Waals surface area contributed by atoms with Crippen molar-refractivity contribution in [2.24, 2.45) is 0 Å². The maximum atomic E-state index is 13.1. The van der Waals surface area contributed by atoms with E-state index in [0.29, 0.717) is 18.0 Å². The molecule has 0 spiro atoms. The first kappa shape index (κ1) is 18.0. The Balaban J connectivity index is 1.33. The first-order chi connectivity index (χ1) is 13.6. The second-order valence-electron chi connectivity index (χ2n) is 6.04. The van der Waals surface area contributed by atoms with Crippen LogP contribution in [-0.2, 0) is 11.3 Å². The lowest BCUT2D eigenvalue weighted by molar-refractivity contribution is -0.118. The van der Waals surface area contributed by atoms with Gasteiger partial charge in [-0.3, -0.25) is 9.48 Å². The minimum Gasteiger partial charge on any atom is -0.484 e. The number of carbonyl (C=O) groups is 1. The lowest BCUT2D eigenvalue weighted by atomic mass is 10.3. The number of carbonyl (C=O) groups excluding carboxylic acids is 1. The number of benzene rings is 1. The highest BCUT2D eigenvalue weighted by Crippen LogP contribution is 2.21. The SMILES string of the molecule is O=C(COc1ccc(F)c(Cl)c1)Nc1cnn(Cc2cn3ccccc3n2)c1. The zero-order valence-electron chi connectivity index (χ0n) is 14.5. The molecule has 4 aromatic rings. The predicted octanol–water partition coefficient (Wildman–Crippen LogP) is 3.39. The Morgan fingerprint density at radius 2 is 2.14 bits per heavy atom. The van der Waals surface area contributed by atoms with Crippen LogP contribution < -0.4 is 10.1 Å². The molecular formula is C19H15ClFN5O2. The van der Waals surface area contributed by atoms with Gasteiger partial charge in [0.2, 0.25) is 0 Å². The van der Waals surface area contributed by atoms with Crippen molar-refractivity contribution in [2.75, 3.05) is 11.9 Å². The highest BCUT2D eigenvalue weighted by molar-refractivity contribution is 6.30. The van der Waals surface area contributed by atoms with Gasteiger partial charge in [-0.2, -0.15) is 5.10 Å². The van der Waals surface area contributed by atoms with E-state index in [1.165, 1.54) is 18.2 Å². The zero-order chi connectivity index (χ0) is 19.5. The van der Waals surface area contributed by atoms with Crippen LogP contribution in [0.3, 0.4) is 0 Å². The van der Waals surface area contributed by atoms with Crippen molar-refractivity contribution < 1.29 is 13.9 Å². The lowest BCUT2D eigenvalue weighted by Gasteiger charge is -2.06. The number of pyridine rings is 1. The Morgan fingerprint density at radius 1 is 1.25 bits per heavy atom. The van der Waals surface area contributed by atoms with Gasteiger partial charge in [0.05, 0.1) is 29.1 Å². The van der Waals surface area contributed by atoms with Crippen LogP contribution in [0.5, 0.6) is 5.75 Å². The van der Waals surface area contributed by atoms with E-state index >= 15 is 0 Å². The molecule has 0 atom stereocenters. The standard InChI is InChI=1S/C19H15ClFN5O2/c20-16-7-15(4-5-17(16)21)28-12-19(27)24-13-8-22-26(10-13)11-14-9-25-6-2-1-3-18(25)23-14/h1-10H,11-12H2,(H,24,27). The molecule has 0 radical (unpaired) electrons. The summed E-state index contributed by atoms with van der Waals surface area (Å²) in [5.74, 6) is -0.603. The quantitative estimate of drug-likeness (QED) is 0.539. The molecular weight excluding hydrogens is 385 g/mol. The summed E-state index contributed by atoms with van der Waals surface area (Å²) < 4.78 is 22.0. The van der Waals surface area contributed by atoms with Crippen molar-refractivity contribution in [3.8, 4) is 5.75 Å². The van der Waals surface area contributed by atoms with Crippen LogP contribution in [0.4, 0.5) is 10.1 Å². The van der Waals surface area contributed by atoms with Crippen LogP contribution in [0.1, 0.15) is 5.69 Å². The Morgan fingerprint density at radius 3 is 2.96 bits per heavy atom. The molecule has 0 unspecified atom stereocenters. The third-order valence-electron chi connectivity index (χ3n) is 3.92. The van der Waals surface area contributed by atoms with Gasteiger partial charge in [-0.05, 0) is 24.3 Å². The number of nitrogens with one attached hydrogen (secondary N) is 1. The molecule has 0 bridgehead atoms. The number of rotatable bonds is 6. The summed E-state index contributed by atoms with van der Waals surface area (Å²) in [7, 11) is 0. The molecule has 3 aromatic heterocycles. The van der Waals surface area contributed by atoms with Gasteiger partial charge in [-0.25, -0.2) is 9.37 Å². The van der Waals surface area contributed by atoms with Crippen molar-refractivity contribution >= 4 is 28.8 Å². The van der Waals surface area contributed by atoms with E-state index in [-0.39, 0.29) is 17.5 Å². The fourth-order valence-corrected chi connectivity index (χ4v) is 2.83. The number of amides is 1. The molecule has 0 saturated heterocycles. The normalized spacial score (nSPS) is 10.9. The molecule has 142 valence electrons. The number of imidazole rings is 1. The summed E-state index contributed by atoms with van der Waals surface area (Å²) in [5, 5.41) is 6.85. The van der Waals surface area contributed by atoms with Crippen LogP contribution in [0.25, 0.3) is 5.65 Å². The number of anilines is 1. The molecule has 1 aromatic carbocycles. The van der Waals surface area contributed by atoms with E-state index < -0.39 is 5.82 Å². The van der Waals surface area contributed by atoms with E-state index in [1.807, 2.05) is 35.0 Å². The summed E-state index contributed by atoms with van der Waals surface area (Å²) in [6, 6.07) is 9.68. The van der Waals surface area contributed by atoms with Crippen LogP contribution in [0, 0.1) is 5.82 Å². The summed E-state index contributed by atoms with van der Waals surface area (Å²) in [5.41, 5.74) is 2.24. The molecule has 9 heteroatoms. The number of hydrogen-bond acceptors (Lipinski definition) is 4. The second kappa shape index (κ2) is 7.69. The van der Waals surface area contributed by atoms with Crippen LogP contribution >= 0.6 is 11.6 Å². The van der Waals surface area contributed by atoms with E-state index in [1.54, 1.807) is 17.1 Å². The van der Waals surface area contributed by atoms with Gasteiger partial charge in [0, 0.05) is 24.7 Å². The molecule has 0 aliphatic rings.